The molecule has 4 nitrogen and oxygen atoms in total. The summed E-state index contributed by atoms with van der Waals surface area (Å²) < 4.78 is 44.2. The minimum absolute atomic E-state index is 0.0374. The van der Waals surface area contributed by atoms with E-state index >= 15 is 0 Å². The minimum Gasteiger partial charge on any atom is -0.478 e. The molecule has 1 aromatic carbocycles. The average molecular weight is 349 g/mol. The second kappa shape index (κ2) is 5.47. The minimum atomic E-state index is -4.46. The molecule has 2 aliphatic rings. The van der Waals surface area contributed by atoms with Crippen LogP contribution >= 0.6 is 0 Å². The first-order chi connectivity index (χ1) is 11.8. The summed E-state index contributed by atoms with van der Waals surface area (Å²) in [7, 11) is 0. The van der Waals surface area contributed by atoms with Gasteiger partial charge in [0.2, 0.25) is 5.88 Å². The normalized spacial score (nSPS) is 21.2. The van der Waals surface area contributed by atoms with Crippen molar-refractivity contribution in [1.82, 2.24) is 4.98 Å². The lowest BCUT2D eigenvalue weighted by Crippen LogP contribution is -2.10. The molecule has 4 rings (SSSR count). The number of aromatic nitrogens is 1. The van der Waals surface area contributed by atoms with Gasteiger partial charge in [0.1, 0.15) is 5.75 Å². The number of hydrogen-bond donors (Lipinski definition) is 1. The summed E-state index contributed by atoms with van der Waals surface area (Å²) in [4.78, 5) is 15.5. The van der Waals surface area contributed by atoms with Gasteiger partial charge in [0, 0.05) is 11.8 Å². The van der Waals surface area contributed by atoms with Gasteiger partial charge < -0.3 is 9.84 Å². The fraction of sp³-hybridized carbons (Fsp3) is 0.333. The Labute approximate surface area is 141 Å². The van der Waals surface area contributed by atoms with Crippen molar-refractivity contribution >= 4 is 5.97 Å². The number of pyridine rings is 1. The van der Waals surface area contributed by atoms with E-state index in [0.29, 0.717) is 0 Å². The molecular formula is C18H14F3NO3. The van der Waals surface area contributed by atoms with Crippen LogP contribution in [0.2, 0.25) is 0 Å². The van der Waals surface area contributed by atoms with Crippen molar-refractivity contribution in [2.75, 3.05) is 0 Å². The molecule has 2 aliphatic carbocycles. The summed E-state index contributed by atoms with van der Waals surface area (Å²) in [6.45, 7) is 0. The standard InChI is InChI=1S/C18H14F3NO3/c19-18(20,21)11-2-1-3-12(7-11)25-16-15-10-5-4-9(6-10)14(15)13(8-22-16)17(23)24/h1-3,7-10H,4-6H2,(H,23,24). The monoisotopic (exact) mass is 349 g/mol. The Morgan fingerprint density at radius 1 is 1.20 bits per heavy atom. The van der Waals surface area contributed by atoms with Gasteiger partial charge in [0.25, 0.3) is 0 Å². The summed E-state index contributed by atoms with van der Waals surface area (Å²) in [6.07, 6.45) is -0.529. The van der Waals surface area contributed by atoms with Crippen molar-refractivity contribution in [3.05, 3.63) is 52.7 Å². The van der Waals surface area contributed by atoms with Crippen LogP contribution < -0.4 is 4.74 Å². The van der Waals surface area contributed by atoms with E-state index in [1.165, 1.54) is 18.3 Å². The van der Waals surface area contributed by atoms with Crippen molar-refractivity contribution in [2.45, 2.75) is 37.3 Å². The van der Waals surface area contributed by atoms with Crippen LogP contribution in [0.4, 0.5) is 13.2 Å². The molecule has 130 valence electrons. The number of alkyl halides is 3. The second-order valence-corrected chi connectivity index (χ2v) is 6.44. The number of benzene rings is 1. The highest BCUT2D eigenvalue weighted by molar-refractivity contribution is 5.90. The highest BCUT2D eigenvalue weighted by Gasteiger charge is 2.42. The zero-order valence-electron chi connectivity index (χ0n) is 13.0. The molecule has 0 radical (unpaired) electrons. The number of fused-ring (bicyclic) bond motifs is 5. The lowest BCUT2D eigenvalue weighted by molar-refractivity contribution is -0.137. The molecule has 1 saturated carbocycles. The van der Waals surface area contributed by atoms with Gasteiger partial charge in [0.15, 0.2) is 0 Å². The van der Waals surface area contributed by atoms with Gasteiger partial charge in [-0.05, 0) is 54.9 Å². The Kier molecular flexibility index (Phi) is 3.49. The first-order valence-electron chi connectivity index (χ1n) is 7.96. The van der Waals surface area contributed by atoms with Crippen molar-refractivity contribution in [2.24, 2.45) is 0 Å². The summed E-state index contributed by atoms with van der Waals surface area (Å²) in [5.74, 6) is -0.464. The molecule has 2 aromatic rings. The van der Waals surface area contributed by atoms with Gasteiger partial charge in [0.05, 0.1) is 11.1 Å². The van der Waals surface area contributed by atoms with Crippen LogP contribution in [0.25, 0.3) is 0 Å². The van der Waals surface area contributed by atoms with Crippen LogP contribution in [0.5, 0.6) is 11.6 Å². The van der Waals surface area contributed by atoms with E-state index in [9.17, 15) is 23.1 Å². The smallest absolute Gasteiger partial charge is 0.416 e. The number of carboxylic acids is 1. The van der Waals surface area contributed by atoms with E-state index < -0.39 is 17.7 Å². The zero-order valence-corrected chi connectivity index (χ0v) is 13.0. The molecule has 0 amide bonds. The molecular weight excluding hydrogens is 335 g/mol. The van der Waals surface area contributed by atoms with E-state index in [1.807, 2.05) is 0 Å². The number of ether oxygens (including phenoxy) is 1. The van der Waals surface area contributed by atoms with Crippen LogP contribution in [0.3, 0.4) is 0 Å². The Morgan fingerprint density at radius 2 is 1.92 bits per heavy atom. The third kappa shape index (κ3) is 2.63. The molecule has 25 heavy (non-hydrogen) atoms. The quantitative estimate of drug-likeness (QED) is 0.851. The molecule has 7 heteroatoms. The average Bonchev–Trinajstić information content (AvgIpc) is 3.16. The van der Waals surface area contributed by atoms with E-state index in [2.05, 4.69) is 4.98 Å². The van der Waals surface area contributed by atoms with Gasteiger partial charge in [-0.1, -0.05) is 6.07 Å². The van der Waals surface area contributed by atoms with Crippen LogP contribution in [-0.4, -0.2) is 16.1 Å². The molecule has 1 fully saturated rings. The predicted molar refractivity (Wildman–Crippen MR) is 82.0 cm³/mol. The highest BCUT2D eigenvalue weighted by atomic mass is 19.4. The summed E-state index contributed by atoms with van der Waals surface area (Å²) in [5, 5.41) is 9.38. The molecule has 0 aliphatic heterocycles. The van der Waals surface area contributed by atoms with E-state index in [1.54, 1.807) is 0 Å². The van der Waals surface area contributed by atoms with Crippen LogP contribution in [0.15, 0.2) is 30.5 Å². The Balaban J connectivity index is 1.75. The number of rotatable bonds is 3. The van der Waals surface area contributed by atoms with Gasteiger partial charge in [-0.3, -0.25) is 0 Å². The number of hydrogen-bond acceptors (Lipinski definition) is 3. The van der Waals surface area contributed by atoms with E-state index in [-0.39, 0.29) is 29.0 Å². The van der Waals surface area contributed by atoms with Crippen molar-refractivity contribution in [1.29, 1.82) is 0 Å². The summed E-state index contributed by atoms with van der Waals surface area (Å²) >= 11 is 0. The Morgan fingerprint density at radius 3 is 2.60 bits per heavy atom. The third-order valence-electron chi connectivity index (χ3n) is 4.98. The maximum atomic E-state index is 12.9. The number of carboxylic acid groups (broad SMARTS) is 1. The van der Waals surface area contributed by atoms with Crippen LogP contribution in [0, 0.1) is 0 Å². The summed E-state index contributed by atoms with van der Waals surface area (Å²) in [6, 6.07) is 4.60. The molecule has 0 spiro atoms. The number of aromatic carboxylic acids is 1. The van der Waals surface area contributed by atoms with E-state index in [4.69, 9.17) is 4.74 Å². The fourth-order valence-electron chi connectivity index (χ4n) is 3.96. The maximum Gasteiger partial charge on any atom is 0.416 e. The van der Waals surface area contributed by atoms with Gasteiger partial charge in [-0.2, -0.15) is 13.2 Å². The lowest BCUT2D eigenvalue weighted by Gasteiger charge is -2.20. The Hall–Kier alpha value is -2.57. The number of nitrogens with zero attached hydrogens (tertiary/aromatic N) is 1. The van der Waals surface area contributed by atoms with Gasteiger partial charge in [-0.15, -0.1) is 0 Å². The molecule has 1 aromatic heterocycles. The van der Waals surface area contributed by atoms with Gasteiger partial charge >= 0.3 is 12.1 Å². The van der Waals surface area contributed by atoms with Crippen LogP contribution in [0.1, 0.15) is 58.1 Å². The van der Waals surface area contributed by atoms with Crippen molar-refractivity contribution in [3.63, 3.8) is 0 Å². The second-order valence-electron chi connectivity index (χ2n) is 6.44. The zero-order chi connectivity index (χ0) is 17.8. The molecule has 0 saturated heterocycles. The Bertz CT molecular complexity index is 863. The fourth-order valence-corrected chi connectivity index (χ4v) is 3.96. The van der Waals surface area contributed by atoms with Crippen molar-refractivity contribution < 1.29 is 27.8 Å². The molecule has 1 N–H and O–H groups in total. The molecule has 2 unspecified atom stereocenters. The highest BCUT2D eigenvalue weighted by Crippen LogP contribution is 2.56. The largest absolute Gasteiger partial charge is 0.478 e. The molecule has 1 heterocycles. The number of halogens is 3. The van der Waals surface area contributed by atoms with Crippen LogP contribution in [-0.2, 0) is 6.18 Å². The first-order valence-corrected chi connectivity index (χ1v) is 7.96. The topological polar surface area (TPSA) is 59.4 Å². The molecule has 2 atom stereocenters. The molecule has 2 bridgehead atoms. The third-order valence-corrected chi connectivity index (χ3v) is 4.98. The number of carbonyl (C=O) groups is 1. The van der Waals surface area contributed by atoms with Crippen molar-refractivity contribution in [3.8, 4) is 11.6 Å². The maximum absolute atomic E-state index is 12.9. The summed E-state index contributed by atoms with van der Waals surface area (Å²) in [5.41, 5.74) is 0.846. The SMILES string of the molecule is O=C(O)c1cnc(Oc2cccc(C(F)(F)F)c2)c2c1C1CCC2C1. The van der Waals surface area contributed by atoms with Gasteiger partial charge in [-0.25, -0.2) is 9.78 Å². The first kappa shape index (κ1) is 15.9. The lowest BCUT2D eigenvalue weighted by atomic mass is 9.89. The van der Waals surface area contributed by atoms with E-state index in [0.717, 1.165) is 42.5 Å². The predicted octanol–water partition coefficient (Wildman–Crippen LogP) is 4.96.